The lowest BCUT2D eigenvalue weighted by Gasteiger charge is -2.38. The highest BCUT2D eigenvalue weighted by atomic mass is 16.7. The van der Waals surface area contributed by atoms with Crippen LogP contribution in [0.4, 0.5) is 5.69 Å². The molecule has 2 aromatic carbocycles. The standard InChI is InChI=1S/C28H37N3O7/c32-17-19-6-8-20(9-7-19)25-15-24(16-31-14-2-3-23(31)18-33)37-28(38-25)21-10-12-22(13-11-21)29-26(34)4-1-5-27(35)30-36/h6-13,23-25,28,32-33,36H,1-5,14-18H2,(H,29,34)(H,30,35)/t23-,24+,25-,28-/m0/s1. The summed E-state index contributed by atoms with van der Waals surface area (Å²) in [6, 6.07) is 15.2. The summed E-state index contributed by atoms with van der Waals surface area (Å²) >= 11 is 0. The largest absolute Gasteiger partial charge is 0.395 e. The summed E-state index contributed by atoms with van der Waals surface area (Å²) in [7, 11) is 0. The number of aliphatic hydroxyl groups excluding tert-OH is 2. The van der Waals surface area contributed by atoms with Crippen LogP contribution in [0.3, 0.4) is 0 Å². The lowest BCUT2D eigenvalue weighted by molar-refractivity contribution is -0.253. The SMILES string of the molecule is O=C(CCCC(=O)Nc1ccc([C@H]2O[C@@H](CN3CCC[C@H]3CO)C[C@@H](c3ccc(CO)cc3)O2)cc1)NO. The van der Waals surface area contributed by atoms with Crippen molar-refractivity contribution in [3.8, 4) is 0 Å². The summed E-state index contributed by atoms with van der Waals surface area (Å²) in [6.45, 7) is 1.77. The van der Waals surface area contributed by atoms with E-state index in [-0.39, 0.29) is 50.2 Å². The van der Waals surface area contributed by atoms with Gasteiger partial charge in [0, 0.05) is 43.1 Å². The van der Waals surface area contributed by atoms with E-state index < -0.39 is 12.2 Å². The highest BCUT2D eigenvalue weighted by Gasteiger charge is 2.35. The molecular weight excluding hydrogens is 490 g/mol. The summed E-state index contributed by atoms with van der Waals surface area (Å²) in [5.74, 6) is -0.739. The van der Waals surface area contributed by atoms with Crippen molar-refractivity contribution in [2.24, 2.45) is 0 Å². The van der Waals surface area contributed by atoms with Gasteiger partial charge >= 0.3 is 0 Å². The minimum absolute atomic E-state index is 0.0153. The van der Waals surface area contributed by atoms with E-state index in [0.29, 0.717) is 25.1 Å². The van der Waals surface area contributed by atoms with Gasteiger partial charge in [0.05, 0.1) is 25.4 Å². The summed E-state index contributed by atoms with van der Waals surface area (Å²) in [6.07, 6.45) is 2.38. The van der Waals surface area contributed by atoms with E-state index in [1.54, 1.807) is 17.6 Å². The van der Waals surface area contributed by atoms with Crippen LogP contribution in [0.25, 0.3) is 0 Å². The van der Waals surface area contributed by atoms with Gasteiger partial charge in [0.25, 0.3) is 0 Å². The molecule has 10 heteroatoms. The van der Waals surface area contributed by atoms with E-state index in [0.717, 1.165) is 36.1 Å². The Bertz CT molecular complexity index is 1050. The maximum atomic E-state index is 12.2. The zero-order chi connectivity index (χ0) is 26.9. The molecule has 5 N–H and O–H groups in total. The monoisotopic (exact) mass is 527 g/mol. The van der Waals surface area contributed by atoms with Gasteiger partial charge in [-0.3, -0.25) is 19.7 Å². The molecule has 0 bridgehead atoms. The van der Waals surface area contributed by atoms with Gasteiger partial charge in [0.15, 0.2) is 6.29 Å². The Morgan fingerprint density at radius 2 is 1.66 bits per heavy atom. The van der Waals surface area contributed by atoms with Gasteiger partial charge < -0.3 is 25.0 Å². The Morgan fingerprint density at radius 1 is 0.947 bits per heavy atom. The van der Waals surface area contributed by atoms with Crippen LogP contribution in [-0.2, 0) is 25.7 Å². The zero-order valence-electron chi connectivity index (χ0n) is 21.4. The number of carbonyl (C=O) groups is 2. The number of aliphatic hydroxyl groups is 2. The second kappa shape index (κ2) is 13.8. The quantitative estimate of drug-likeness (QED) is 0.222. The van der Waals surface area contributed by atoms with Gasteiger partial charge in [0.2, 0.25) is 11.8 Å². The van der Waals surface area contributed by atoms with E-state index in [4.69, 9.17) is 14.7 Å². The first kappa shape index (κ1) is 28.2. The maximum absolute atomic E-state index is 12.2. The number of carbonyl (C=O) groups excluding carboxylic acids is 2. The molecule has 206 valence electrons. The van der Waals surface area contributed by atoms with Crippen molar-refractivity contribution in [3.63, 3.8) is 0 Å². The minimum Gasteiger partial charge on any atom is -0.395 e. The lowest BCUT2D eigenvalue weighted by Crippen LogP contribution is -2.42. The normalized spacial score (nSPS) is 23.8. The number of nitrogens with one attached hydrogen (secondary N) is 2. The minimum atomic E-state index is -0.604. The molecule has 0 spiro atoms. The van der Waals surface area contributed by atoms with Crippen molar-refractivity contribution in [3.05, 3.63) is 65.2 Å². The van der Waals surface area contributed by atoms with E-state index in [2.05, 4.69) is 10.2 Å². The predicted molar refractivity (Wildman–Crippen MR) is 139 cm³/mol. The number of hydrogen-bond donors (Lipinski definition) is 5. The van der Waals surface area contributed by atoms with Crippen LogP contribution in [-0.4, -0.2) is 64.0 Å². The molecule has 0 aromatic heterocycles. The van der Waals surface area contributed by atoms with Gasteiger partial charge in [-0.1, -0.05) is 36.4 Å². The van der Waals surface area contributed by atoms with Crippen molar-refractivity contribution < 1.29 is 34.5 Å². The molecule has 10 nitrogen and oxygen atoms in total. The fourth-order valence-corrected chi connectivity index (χ4v) is 5.05. The number of anilines is 1. The number of rotatable bonds is 11. The van der Waals surface area contributed by atoms with Crippen LogP contribution in [0.5, 0.6) is 0 Å². The molecule has 0 aliphatic carbocycles. The molecule has 2 amide bonds. The third kappa shape index (κ3) is 7.59. The molecule has 0 radical (unpaired) electrons. The Hall–Kier alpha value is -2.86. The van der Waals surface area contributed by atoms with Crippen LogP contribution < -0.4 is 10.8 Å². The van der Waals surface area contributed by atoms with E-state index in [9.17, 15) is 19.8 Å². The van der Waals surface area contributed by atoms with Crippen molar-refractivity contribution in [2.45, 2.75) is 69.7 Å². The lowest BCUT2D eigenvalue weighted by atomic mass is 9.99. The van der Waals surface area contributed by atoms with Crippen LogP contribution in [0.15, 0.2) is 48.5 Å². The predicted octanol–water partition coefficient (Wildman–Crippen LogP) is 2.80. The number of amides is 2. The molecule has 4 atom stereocenters. The first-order valence-electron chi connectivity index (χ1n) is 13.2. The second-order valence-corrected chi connectivity index (χ2v) is 9.88. The fourth-order valence-electron chi connectivity index (χ4n) is 5.05. The molecule has 4 rings (SSSR count). The van der Waals surface area contributed by atoms with Crippen LogP contribution in [0, 0.1) is 0 Å². The smallest absolute Gasteiger partial charge is 0.243 e. The summed E-state index contributed by atoms with van der Waals surface area (Å²) < 4.78 is 12.8. The molecule has 0 unspecified atom stereocenters. The molecular formula is C28H37N3O7. The van der Waals surface area contributed by atoms with Gasteiger partial charge in [-0.15, -0.1) is 0 Å². The maximum Gasteiger partial charge on any atom is 0.243 e. The molecule has 2 aromatic rings. The van der Waals surface area contributed by atoms with Crippen LogP contribution in [0.1, 0.15) is 67.6 Å². The zero-order valence-corrected chi connectivity index (χ0v) is 21.4. The molecule has 38 heavy (non-hydrogen) atoms. The van der Waals surface area contributed by atoms with Crippen molar-refractivity contribution in [1.29, 1.82) is 0 Å². The average Bonchev–Trinajstić information content (AvgIpc) is 3.40. The molecule has 2 saturated heterocycles. The van der Waals surface area contributed by atoms with Crippen LogP contribution in [0.2, 0.25) is 0 Å². The Balaban J connectivity index is 1.43. The van der Waals surface area contributed by atoms with Gasteiger partial charge in [-0.2, -0.15) is 0 Å². The van der Waals surface area contributed by atoms with E-state index in [1.807, 2.05) is 36.4 Å². The Labute approximate surface area is 222 Å². The first-order valence-corrected chi connectivity index (χ1v) is 13.2. The van der Waals surface area contributed by atoms with Gasteiger partial charge in [-0.05, 0) is 49.1 Å². The topological polar surface area (TPSA) is 141 Å². The highest BCUT2D eigenvalue weighted by Crippen LogP contribution is 2.39. The number of benzene rings is 2. The van der Waals surface area contributed by atoms with Gasteiger partial charge in [-0.25, -0.2) is 5.48 Å². The number of hydrogen-bond acceptors (Lipinski definition) is 8. The van der Waals surface area contributed by atoms with Crippen molar-refractivity contribution >= 4 is 17.5 Å². The Morgan fingerprint density at radius 3 is 2.34 bits per heavy atom. The number of nitrogens with zero attached hydrogens (tertiary/aromatic N) is 1. The second-order valence-electron chi connectivity index (χ2n) is 9.88. The highest BCUT2D eigenvalue weighted by molar-refractivity contribution is 5.91. The number of likely N-dealkylation sites (tertiary alicyclic amines) is 1. The number of ether oxygens (including phenoxy) is 2. The summed E-state index contributed by atoms with van der Waals surface area (Å²) in [5.41, 5.74) is 4.85. The Kier molecular flexibility index (Phi) is 10.2. The third-order valence-electron chi connectivity index (χ3n) is 7.16. The van der Waals surface area contributed by atoms with E-state index >= 15 is 0 Å². The van der Waals surface area contributed by atoms with Gasteiger partial charge in [0.1, 0.15) is 0 Å². The van der Waals surface area contributed by atoms with E-state index in [1.165, 1.54) is 0 Å². The average molecular weight is 528 g/mol. The van der Waals surface area contributed by atoms with Crippen molar-refractivity contribution in [1.82, 2.24) is 10.4 Å². The summed E-state index contributed by atoms with van der Waals surface area (Å²) in [5, 5.41) is 30.5. The molecule has 2 aliphatic rings. The third-order valence-corrected chi connectivity index (χ3v) is 7.16. The molecule has 2 heterocycles. The first-order chi connectivity index (χ1) is 18.5. The summed E-state index contributed by atoms with van der Waals surface area (Å²) in [4.78, 5) is 25.6. The molecule has 2 fully saturated rings. The van der Waals surface area contributed by atoms with Crippen LogP contribution >= 0.6 is 0 Å². The molecule has 0 saturated carbocycles. The number of hydroxylamine groups is 1. The van der Waals surface area contributed by atoms with Crippen molar-refractivity contribution in [2.75, 3.05) is 25.0 Å². The fraction of sp³-hybridized carbons (Fsp3) is 0.500. The molecule has 2 aliphatic heterocycles.